The zero-order valence-corrected chi connectivity index (χ0v) is 17.8. The highest BCUT2D eigenvalue weighted by Crippen LogP contribution is 2.33. The number of nitrogens with one attached hydrogen (secondary N) is 1. The lowest BCUT2D eigenvalue weighted by atomic mass is 10.1. The smallest absolute Gasteiger partial charge is 0.263 e. The summed E-state index contributed by atoms with van der Waals surface area (Å²) in [5.41, 5.74) is 1.46. The first-order chi connectivity index (χ1) is 14.3. The number of carbonyl (C=O) groups is 2. The van der Waals surface area contributed by atoms with Crippen molar-refractivity contribution in [2.45, 2.75) is 19.6 Å². The van der Waals surface area contributed by atoms with Crippen LogP contribution in [0.25, 0.3) is 0 Å². The van der Waals surface area contributed by atoms with Crippen molar-refractivity contribution in [2.24, 2.45) is 0 Å². The molecule has 0 aliphatic carbocycles. The molecule has 0 fully saturated rings. The van der Waals surface area contributed by atoms with Gasteiger partial charge in [0.25, 0.3) is 5.91 Å². The van der Waals surface area contributed by atoms with Gasteiger partial charge in [-0.3, -0.25) is 9.59 Å². The topological polar surface area (TPSA) is 96.0 Å². The Hall–Kier alpha value is -2.91. The monoisotopic (exact) mass is 431 g/mol. The van der Waals surface area contributed by atoms with Gasteiger partial charge in [-0.25, -0.2) is 8.42 Å². The summed E-state index contributed by atoms with van der Waals surface area (Å²) >= 11 is 0. The normalized spacial score (nSPS) is 16.0. The van der Waals surface area contributed by atoms with Crippen molar-refractivity contribution in [3.8, 4) is 5.75 Å². The Labute approximate surface area is 176 Å². The Balaban J connectivity index is 1.74. The lowest BCUT2D eigenvalue weighted by Gasteiger charge is -2.34. The Morgan fingerprint density at radius 2 is 1.80 bits per heavy atom. The van der Waals surface area contributed by atoms with Crippen LogP contribution in [0.4, 0.5) is 5.69 Å². The predicted molar refractivity (Wildman–Crippen MR) is 114 cm³/mol. The van der Waals surface area contributed by atoms with E-state index in [4.69, 9.17) is 4.74 Å². The minimum absolute atomic E-state index is 0.00349. The number of carbonyl (C=O) groups excluding carboxylic acids is 2. The molecule has 160 valence electrons. The van der Waals surface area contributed by atoms with E-state index in [0.29, 0.717) is 18.0 Å². The summed E-state index contributed by atoms with van der Waals surface area (Å²) in [5, 5.41) is 2.82. The average molecular weight is 432 g/mol. The highest BCUT2D eigenvalue weighted by molar-refractivity contribution is 7.89. The highest BCUT2D eigenvalue weighted by atomic mass is 32.2. The zero-order valence-electron chi connectivity index (χ0n) is 16.9. The van der Waals surface area contributed by atoms with E-state index in [9.17, 15) is 18.0 Å². The van der Waals surface area contributed by atoms with Gasteiger partial charge in [0.05, 0.1) is 24.5 Å². The number of ether oxygens (including phenoxy) is 1. The number of likely N-dealkylation sites (N-methyl/N-ethyl adjacent to an activating group) is 1. The van der Waals surface area contributed by atoms with Crippen molar-refractivity contribution in [1.29, 1.82) is 0 Å². The minimum Gasteiger partial charge on any atom is -0.477 e. The Morgan fingerprint density at radius 1 is 1.13 bits per heavy atom. The molecule has 3 rings (SSSR count). The predicted octanol–water partition coefficient (Wildman–Crippen LogP) is 1.38. The maximum absolute atomic E-state index is 12.9. The standard InChI is InChI=1S/C21H25N3O5S/c1-3-30(27,28)23(2)15-20(25)24-14-19(29-18-12-8-7-11-17(18)24)21(26)22-13-16-9-5-4-6-10-16/h4-12,19H,3,13-15H2,1-2H3,(H,22,26)/t19-/m0/s1. The fourth-order valence-corrected chi connectivity index (χ4v) is 3.85. The third-order valence-electron chi connectivity index (χ3n) is 4.87. The van der Waals surface area contributed by atoms with Gasteiger partial charge in [-0.1, -0.05) is 42.5 Å². The number of para-hydroxylation sites is 2. The van der Waals surface area contributed by atoms with Gasteiger partial charge in [0.2, 0.25) is 15.9 Å². The van der Waals surface area contributed by atoms with Gasteiger partial charge in [-0.05, 0) is 24.6 Å². The molecule has 1 heterocycles. The number of rotatable bonds is 7. The van der Waals surface area contributed by atoms with Crippen LogP contribution in [-0.4, -0.2) is 56.5 Å². The molecule has 1 N–H and O–H groups in total. The van der Waals surface area contributed by atoms with Crippen molar-refractivity contribution in [3.63, 3.8) is 0 Å². The van der Waals surface area contributed by atoms with E-state index in [1.807, 2.05) is 30.3 Å². The van der Waals surface area contributed by atoms with Crippen LogP contribution in [0.2, 0.25) is 0 Å². The SMILES string of the molecule is CCS(=O)(=O)N(C)CC(=O)N1C[C@@H](C(=O)NCc2ccccc2)Oc2ccccc21. The van der Waals surface area contributed by atoms with Crippen LogP contribution in [-0.2, 0) is 26.2 Å². The van der Waals surface area contributed by atoms with Gasteiger partial charge in [0.15, 0.2) is 6.10 Å². The molecule has 0 saturated heterocycles. The molecule has 1 aliphatic heterocycles. The highest BCUT2D eigenvalue weighted by Gasteiger charge is 2.34. The van der Waals surface area contributed by atoms with Gasteiger partial charge < -0.3 is 15.0 Å². The summed E-state index contributed by atoms with van der Waals surface area (Å²) in [6, 6.07) is 16.4. The van der Waals surface area contributed by atoms with E-state index in [1.165, 1.54) is 18.9 Å². The summed E-state index contributed by atoms with van der Waals surface area (Å²) in [4.78, 5) is 27.0. The van der Waals surface area contributed by atoms with Crippen LogP contribution in [0, 0.1) is 0 Å². The number of hydrogen-bond acceptors (Lipinski definition) is 5. The number of anilines is 1. The summed E-state index contributed by atoms with van der Waals surface area (Å²) in [5.74, 6) is -0.467. The number of nitrogens with zero attached hydrogens (tertiary/aromatic N) is 2. The molecule has 1 atom stereocenters. The molecule has 0 aromatic heterocycles. The Kier molecular flexibility index (Phi) is 6.73. The molecular formula is C21H25N3O5S. The molecule has 2 amide bonds. The second-order valence-electron chi connectivity index (χ2n) is 6.94. The average Bonchev–Trinajstić information content (AvgIpc) is 2.77. The first-order valence-electron chi connectivity index (χ1n) is 9.63. The van der Waals surface area contributed by atoms with E-state index in [-0.39, 0.29) is 24.7 Å². The van der Waals surface area contributed by atoms with E-state index in [0.717, 1.165) is 9.87 Å². The van der Waals surface area contributed by atoms with E-state index >= 15 is 0 Å². The van der Waals surface area contributed by atoms with Crippen LogP contribution >= 0.6 is 0 Å². The van der Waals surface area contributed by atoms with E-state index in [1.54, 1.807) is 24.3 Å². The largest absolute Gasteiger partial charge is 0.477 e. The molecule has 1 aliphatic rings. The minimum atomic E-state index is -3.50. The quantitative estimate of drug-likeness (QED) is 0.715. The lowest BCUT2D eigenvalue weighted by Crippen LogP contribution is -2.52. The second kappa shape index (κ2) is 9.27. The van der Waals surface area contributed by atoms with Gasteiger partial charge in [0.1, 0.15) is 5.75 Å². The van der Waals surface area contributed by atoms with Crippen LogP contribution in [0.5, 0.6) is 5.75 Å². The van der Waals surface area contributed by atoms with Crippen LogP contribution < -0.4 is 15.0 Å². The van der Waals surface area contributed by atoms with Crippen LogP contribution in [0.15, 0.2) is 54.6 Å². The van der Waals surface area contributed by atoms with Crippen molar-refractivity contribution in [3.05, 3.63) is 60.2 Å². The second-order valence-corrected chi connectivity index (χ2v) is 9.30. The fourth-order valence-electron chi connectivity index (χ4n) is 3.10. The van der Waals surface area contributed by atoms with E-state index in [2.05, 4.69) is 5.32 Å². The van der Waals surface area contributed by atoms with Crippen LogP contribution in [0.3, 0.4) is 0 Å². The summed E-state index contributed by atoms with van der Waals surface area (Å²) in [7, 11) is -2.13. The lowest BCUT2D eigenvalue weighted by molar-refractivity contribution is -0.128. The van der Waals surface area contributed by atoms with Gasteiger partial charge in [-0.15, -0.1) is 0 Å². The maximum atomic E-state index is 12.9. The fraction of sp³-hybridized carbons (Fsp3) is 0.333. The molecule has 0 spiro atoms. The van der Waals surface area contributed by atoms with Crippen molar-refractivity contribution in [2.75, 3.05) is 30.8 Å². The van der Waals surface area contributed by atoms with Gasteiger partial charge >= 0.3 is 0 Å². The zero-order chi connectivity index (χ0) is 21.7. The van der Waals surface area contributed by atoms with Gasteiger partial charge in [-0.2, -0.15) is 4.31 Å². The van der Waals surface area contributed by atoms with Crippen molar-refractivity contribution >= 4 is 27.5 Å². The number of sulfonamides is 1. The first kappa shape index (κ1) is 21.8. The van der Waals surface area contributed by atoms with Crippen molar-refractivity contribution < 1.29 is 22.7 Å². The van der Waals surface area contributed by atoms with Crippen molar-refractivity contribution in [1.82, 2.24) is 9.62 Å². The van der Waals surface area contributed by atoms with E-state index < -0.39 is 22.0 Å². The number of amides is 2. The Bertz CT molecular complexity index is 1010. The molecule has 30 heavy (non-hydrogen) atoms. The number of fused-ring (bicyclic) bond motifs is 1. The number of benzene rings is 2. The van der Waals surface area contributed by atoms with Gasteiger partial charge in [0, 0.05) is 13.6 Å². The molecule has 0 unspecified atom stereocenters. The molecule has 0 bridgehead atoms. The molecule has 0 saturated carbocycles. The Morgan fingerprint density at radius 3 is 2.50 bits per heavy atom. The molecule has 2 aromatic rings. The summed E-state index contributed by atoms with van der Waals surface area (Å²) in [6.45, 7) is 1.54. The third kappa shape index (κ3) is 4.98. The third-order valence-corrected chi connectivity index (χ3v) is 6.68. The molecular weight excluding hydrogens is 406 g/mol. The maximum Gasteiger partial charge on any atom is 0.263 e. The summed E-state index contributed by atoms with van der Waals surface area (Å²) in [6.07, 6.45) is -0.902. The molecule has 8 nitrogen and oxygen atoms in total. The molecule has 0 radical (unpaired) electrons. The summed E-state index contributed by atoms with van der Waals surface area (Å²) < 4.78 is 30.9. The molecule has 9 heteroatoms. The first-order valence-corrected chi connectivity index (χ1v) is 11.2. The number of hydrogen-bond donors (Lipinski definition) is 1. The molecule has 2 aromatic carbocycles. The van der Waals surface area contributed by atoms with Crippen LogP contribution in [0.1, 0.15) is 12.5 Å².